The lowest BCUT2D eigenvalue weighted by atomic mass is 10.2. The number of benzene rings is 2. The van der Waals surface area contributed by atoms with E-state index in [1.165, 1.54) is 11.8 Å². The zero-order valence-electron chi connectivity index (χ0n) is 10.6. The molecule has 3 aromatic rings. The predicted molar refractivity (Wildman–Crippen MR) is 81.8 cm³/mol. The van der Waals surface area contributed by atoms with Crippen molar-refractivity contribution in [2.45, 2.75) is 9.92 Å². The zero-order valence-corrected chi connectivity index (χ0v) is 11.4. The summed E-state index contributed by atoms with van der Waals surface area (Å²) in [5.41, 5.74) is 13.4. The molecule has 0 aliphatic carbocycles. The quantitative estimate of drug-likeness (QED) is 0.646. The number of nitrogens with one attached hydrogen (secondary N) is 1. The number of primary amides is 1. The summed E-state index contributed by atoms with van der Waals surface area (Å²) in [6.45, 7) is 0. The van der Waals surface area contributed by atoms with Crippen LogP contribution in [0, 0.1) is 0 Å². The molecule has 0 spiro atoms. The van der Waals surface area contributed by atoms with E-state index in [-0.39, 0.29) is 0 Å². The van der Waals surface area contributed by atoms with Crippen LogP contribution in [0.1, 0.15) is 10.4 Å². The van der Waals surface area contributed by atoms with Gasteiger partial charge in [0.1, 0.15) is 0 Å². The monoisotopic (exact) mass is 283 g/mol. The van der Waals surface area contributed by atoms with Gasteiger partial charge in [-0.15, -0.1) is 0 Å². The molecule has 20 heavy (non-hydrogen) atoms. The van der Waals surface area contributed by atoms with Crippen LogP contribution >= 0.6 is 11.8 Å². The first-order valence-electron chi connectivity index (χ1n) is 6.09. The number of carbonyl (C=O) groups is 1. The largest absolute Gasteiger partial charge is 0.398 e. The first-order chi connectivity index (χ1) is 9.65. The Morgan fingerprint density at radius 3 is 2.65 bits per heavy atom. The summed E-state index contributed by atoms with van der Waals surface area (Å²) in [7, 11) is 0. The van der Waals surface area contributed by atoms with Crippen LogP contribution in [0.5, 0.6) is 0 Å². The summed E-state index contributed by atoms with van der Waals surface area (Å²) >= 11 is 1.41. The Labute approximate surface area is 120 Å². The molecule has 1 heterocycles. The van der Waals surface area contributed by atoms with Gasteiger partial charge in [0, 0.05) is 21.5 Å². The van der Waals surface area contributed by atoms with E-state index in [9.17, 15) is 4.79 Å². The average Bonchev–Trinajstić information content (AvgIpc) is 2.83. The third-order valence-electron chi connectivity index (χ3n) is 3.03. The van der Waals surface area contributed by atoms with Crippen LogP contribution in [0.2, 0.25) is 0 Å². The number of nitrogens with two attached hydrogens (primary N) is 2. The van der Waals surface area contributed by atoms with Gasteiger partial charge in [0.15, 0.2) is 0 Å². The molecule has 0 bridgehead atoms. The molecule has 1 aromatic heterocycles. The number of aromatic nitrogens is 1. The van der Waals surface area contributed by atoms with Gasteiger partial charge in [0.25, 0.3) is 0 Å². The van der Waals surface area contributed by atoms with Crippen LogP contribution in [0.15, 0.2) is 58.5 Å². The van der Waals surface area contributed by atoms with Crippen molar-refractivity contribution in [1.82, 2.24) is 4.98 Å². The number of aromatic amines is 1. The Bertz CT molecular complexity index is 762. The lowest BCUT2D eigenvalue weighted by molar-refractivity contribution is 0.0997. The van der Waals surface area contributed by atoms with Crippen molar-refractivity contribution in [2.75, 3.05) is 5.73 Å². The van der Waals surface area contributed by atoms with Crippen LogP contribution in [0.3, 0.4) is 0 Å². The fraction of sp³-hybridized carbons (Fsp3) is 0. The maximum absolute atomic E-state index is 11.5. The molecule has 0 aliphatic rings. The maximum Gasteiger partial charge on any atom is 0.249 e. The molecule has 0 fully saturated rings. The van der Waals surface area contributed by atoms with Crippen LogP contribution in [-0.2, 0) is 0 Å². The molecular formula is C15H13N3OS. The van der Waals surface area contributed by atoms with Gasteiger partial charge in [0.05, 0.1) is 10.6 Å². The number of carbonyl (C=O) groups excluding carboxylic acids is 1. The molecule has 100 valence electrons. The van der Waals surface area contributed by atoms with E-state index in [0.717, 1.165) is 15.9 Å². The number of amides is 1. The molecule has 0 saturated heterocycles. The molecule has 0 saturated carbocycles. The van der Waals surface area contributed by atoms with Crippen molar-refractivity contribution in [3.8, 4) is 0 Å². The van der Waals surface area contributed by atoms with E-state index in [0.29, 0.717) is 16.1 Å². The SMILES string of the molecule is NC(=O)c1cccc(N)c1Sc1cc2ccccc2[nH]1. The second kappa shape index (κ2) is 4.94. The van der Waals surface area contributed by atoms with E-state index in [4.69, 9.17) is 11.5 Å². The Hall–Kier alpha value is -2.40. The van der Waals surface area contributed by atoms with Gasteiger partial charge in [0.2, 0.25) is 5.91 Å². The highest BCUT2D eigenvalue weighted by molar-refractivity contribution is 7.99. The summed E-state index contributed by atoms with van der Waals surface area (Å²) in [5.74, 6) is -0.476. The number of anilines is 1. The third-order valence-corrected chi connectivity index (χ3v) is 4.13. The van der Waals surface area contributed by atoms with Crippen molar-refractivity contribution in [1.29, 1.82) is 0 Å². The van der Waals surface area contributed by atoms with Crippen LogP contribution in [-0.4, -0.2) is 10.9 Å². The highest BCUT2D eigenvalue weighted by Gasteiger charge is 2.13. The molecule has 0 atom stereocenters. The van der Waals surface area contributed by atoms with E-state index in [1.807, 2.05) is 30.3 Å². The van der Waals surface area contributed by atoms with Gasteiger partial charge in [-0.1, -0.05) is 36.0 Å². The minimum absolute atomic E-state index is 0.439. The molecule has 3 rings (SSSR count). The van der Waals surface area contributed by atoms with E-state index in [1.54, 1.807) is 18.2 Å². The number of hydrogen-bond acceptors (Lipinski definition) is 3. The Kier molecular flexibility index (Phi) is 3.12. The zero-order chi connectivity index (χ0) is 14.1. The van der Waals surface area contributed by atoms with E-state index < -0.39 is 5.91 Å². The van der Waals surface area contributed by atoms with Crippen LogP contribution in [0.25, 0.3) is 10.9 Å². The van der Waals surface area contributed by atoms with Gasteiger partial charge in [-0.25, -0.2) is 0 Å². The minimum Gasteiger partial charge on any atom is -0.398 e. The van der Waals surface area contributed by atoms with Crippen molar-refractivity contribution in [2.24, 2.45) is 5.73 Å². The average molecular weight is 283 g/mol. The summed E-state index contributed by atoms with van der Waals surface area (Å²) in [6, 6.07) is 15.2. The fourth-order valence-electron chi connectivity index (χ4n) is 2.07. The molecule has 2 aromatic carbocycles. The first-order valence-corrected chi connectivity index (χ1v) is 6.90. The Morgan fingerprint density at radius 2 is 1.90 bits per heavy atom. The van der Waals surface area contributed by atoms with Crippen molar-refractivity contribution in [3.63, 3.8) is 0 Å². The highest BCUT2D eigenvalue weighted by atomic mass is 32.2. The normalized spacial score (nSPS) is 10.8. The number of hydrogen-bond donors (Lipinski definition) is 3. The highest BCUT2D eigenvalue weighted by Crippen LogP contribution is 2.35. The lowest BCUT2D eigenvalue weighted by Gasteiger charge is -2.08. The molecule has 4 nitrogen and oxygen atoms in total. The number of H-pyrrole nitrogens is 1. The maximum atomic E-state index is 11.5. The second-order valence-electron chi connectivity index (χ2n) is 4.41. The summed E-state index contributed by atoms with van der Waals surface area (Å²) in [5, 5.41) is 2.04. The summed E-state index contributed by atoms with van der Waals surface area (Å²) < 4.78 is 0. The number of nitrogen functional groups attached to an aromatic ring is 1. The van der Waals surface area contributed by atoms with Crippen LogP contribution < -0.4 is 11.5 Å². The fourth-order valence-corrected chi connectivity index (χ4v) is 3.11. The Balaban J connectivity index is 2.04. The number of para-hydroxylation sites is 1. The van der Waals surface area contributed by atoms with Gasteiger partial charge in [-0.05, 0) is 24.3 Å². The third kappa shape index (κ3) is 2.23. The molecule has 5 heteroatoms. The van der Waals surface area contributed by atoms with Gasteiger partial charge >= 0.3 is 0 Å². The summed E-state index contributed by atoms with van der Waals surface area (Å²) in [4.78, 5) is 15.5. The lowest BCUT2D eigenvalue weighted by Crippen LogP contribution is -2.13. The number of rotatable bonds is 3. The van der Waals surface area contributed by atoms with Crippen molar-refractivity contribution in [3.05, 3.63) is 54.1 Å². The van der Waals surface area contributed by atoms with Crippen molar-refractivity contribution >= 4 is 34.3 Å². The molecular weight excluding hydrogens is 270 g/mol. The predicted octanol–water partition coefficient (Wildman–Crippen LogP) is 3.00. The van der Waals surface area contributed by atoms with E-state index in [2.05, 4.69) is 4.98 Å². The van der Waals surface area contributed by atoms with Crippen molar-refractivity contribution < 1.29 is 4.79 Å². The standard InChI is InChI=1S/C15H13N3OS/c16-11-6-3-5-10(15(17)19)14(11)20-13-8-9-4-1-2-7-12(9)18-13/h1-8,18H,16H2,(H2,17,19). The smallest absolute Gasteiger partial charge is 0.249 e. The van der Waals surface area contributed by atoms with Gasteiger partial charge < -0.3 is 16.5 Å². The summed E-state index contributed by atoms with van der Waals surface area (Å²) in [6.07, 6.45) is 0. The second-order valence-corrected chi connectivity index (χ2v) is 5.46. The van der Waals surface area contributed by atoms with Gasteiger partial charge in [-0.2, -0.15) is 0 Å². The first kappa shape index (κ1) is 12.6. The van der Waals surface area contributed by atoms with Gasteiger partial charge in [-0.3, -0.25) is 4.79 Å². The molecule has 0 aliphatic heterocycles. The van der Waals surface area contributed by atoms with E-state index >= 15 is 0 Å². The molecule has 0 unspecified atom stereocenters. The molecule has 1 amide bonds. The minimum atomic E-state index is -0.476. The molecule has 5 N–H and O–H groups in total. The number of fused-ring (bicyclic) bond motifs is 1. The Morgan fingerprint density at radius 1 is 1.10 bits per heavy atom. The molecule has 0 radical (unpaired) electrons. The van der Waals surface area contributed by atoms with Crippen LogP contribution in [0.4, 0.5) is 5.69 Å². The topological polar surface area (TPSA) is 84.9 Å².